The normalized spacial score (nSPS) is 10.6. The second-order valence-corrected chi connectivity index (χ2v) is 5.72. The van der Waals surface area contributed by atoms with E-state index in [1.165, 1.54) is 5.56 Å². The second-order valence-electron chi connectivity index (χ2n) is 5.72. The van der Waals surface area contributed by atoms with Gasteiger partial charge in [0, 0.05) is 12.1 Å². The summed E-state index contributed by atoms with van der Waals surface area (Å²) in [4.78, 5) is 12.4. The molecule has 25 heavy (non-hydrogen) atoms. The number of carbonyl (C=O) groups excluding carboxylic acids is 1. The van der Waals surface area contributed by atoms with Crippen LogP contribution in [0, 0.1) is 0 Å². The third-order valence-electron chi connectivity index (χ3n) is 4.08. The van der Waals surface area contributed by atoms with Gasteiger partial charge in [0.05, 0.1) is 25.9 Å². The number of fused-ring (bicyclic) bond motifs is 1. The molecule has 5 heteroatoms. The molecule has 0 aliphatic heterocycles. The van der Waals surface area contributed by atoms with Crippen LogP contribution in [0.3, 0.4) is 0 Å². The van der Waals surface area contributed by atoms with E-state index >= 15 is 0 Å². The first-order valence-corrected chi connectivity index (χ1v) is 8.17. The summed E-state index contributed by atoms with van der Waals surface area (Å²) in [7, 11) is 3.24. The number of nitrogens with one attached hydrogen (secondary N) is 1. The number of hydrogen-bond donors (Lipinski definition) is 1. The van der Waals surface area contributed by atoms with Gasteiger partial charge >= 0.3 is 0 Å². The zero-order valence-electron chi connectivity index (χ0n) is 14.4. The van der Waals surface area contributed by atoms with E-state index in [9.17, 15) is 4.79 Å². The van der Waals surface area contributed by atoms with E-state index in [4.69, 9.17) is 13.9 Å². The maximum absolute atomic E-state index is 12.4. The van der Waals surface area contributed by atoms with Crippen LogP contribution in [0.15, 0.2) is 53.1 Å². The van der Waals surface area contributed by atoms with Gasteiger partial charge in [0.15, 0.2) is 0 Å². The molecule has 2 aromatic carbocycles. The molecule has 3 aromatic rings. The van der Waals surface area contributed by atoms with Crippen molar-refractivity contribution in [3.05, 3.63) is 59.9 Å². The van der Waals surface area contributed by atoms with Crippen molar-refractivity contribution in [1.82, 2.24) is 5.32 Å². The minimum absolute atomic E-state index is 0.137. The smallest absolute Gasteiger partial charge is 0.251 e. The average molecular weight is 339 g/mol. The molecule has 0 bridgehead atoms. The molecule has 0 atom stereocenters. The van der Waals surface area contributed by atoms with E-state index in [-0.39, 0.29) is 5.91 Å². The van der Waals surface area contributed by atoms with Crippen LogP contribution in [-0.4, -0.2) is 26.7 Å². The van der Waals surface area contributed by atoms with Crippen molar-refractivity contribution in [1.29, 1.82) is 0 Å². The molecule has 130 valence electrons. The van der Waals surface area contributed by atoms with Gasteiger partial charge in [-0.3, -0.25) is 4.79 Å². The lowest BCUT2D eigenvalue weighted by Gasteiger charge is -2.08. The van der Waals surface area contributed by atoms with Crippen LogP contribution in [0.25, 0.3) is 11.0 Å². The predicted molar refractivity (Wildman–Crippen MR) is 96.4 cm³/mol. The number of methoxy groups -OCH3 is 2. The maximum atomic E-state index is 12.4. The Morgan fingerprint density at radius 2 is 2.00 bits per heavy atom. The summed E-state index contributed by atoms with van der Waals surface area (Å²) in [6.07, 6.45) is 3.31. The van der Waals surface area contributed by atoms with Gasteiger partial charge in [-0.2, -0.15) is 0 Å². The minimum Gasteiger partial charge on any atom is -0.497 e. The molecule has 1 amide bonds. The topological polar surface area (TPSA) is 60.7 Å². The van der Waals surface area contributed by atoms with Gasteiger partial charge in [-0.05, 0) is 48.7 Å². The van der Waals surface area contributed by atoms with Crippen molar-refractivity contribution in [3.63, 3.8) is 0 Å². The maximum Gasteiger partial charge on any atom is 0.251 e. The van der Waals surface area contributed by atoms with Crippen LogP contribution in [0.5, 0.6) is 11.5 Å². The van der Waals surface area contributed by atoms with Crippen LogP contribution in [0.1, 0.15) is 22.3 Å². The van der Waals surface area contributed by atoms with Crippen molar-refractivity contribution in [3.8, 4) is 11.5 Å². The van der Waals surface area contributed by atoms with Gasteiger partial charge < -0.3 is 19.2 Å². The van der Waals surface area contributed by atoms with E-state index in [0.29, 0.717) is 23.4 Å². The van der Waals surface area contributed by atoms with Crippen LogP contribution in [0.4, 0.5) is 0 Å². The van der Waals surface area contributed by atoms with Gasteiger partial charge in [-0.1, -0.05) is 12.1 Å². The monoisotopic (exact) mass is 339 g/mol. The first kappa shape index (κ1) is 16.9. The van der Waals surface area contributed by atoms with E-state index in [0.717, 1.165) is 24.0 Å². The highest BCUT2D eigenvalue weighted by Gasteiger charge is 2.12. The van der Waals surface area contributed by atoms with Crippen LogP contribution < -0.4 is 14.8 Å². The Labute approximate surface area is 146 Å². The lowest BCUT2D eigenvalue weighted by atomic mass is 10.1. The molecule has 0 saturated carbocycles. The second kappa shape index (κ2) is 7.75. The van der Waals surface area contributed by atoms with Crippen molar-refractivity contribution < 1.29 is 18.7 Å². The van der Waals surface area contributed by atoms with E-state index < -0.39 is 0 Å². The molecule has 1 aromatic heterocycles. The summed E-state index contributed by atoms with van der Waals surface area (Å²) in [5, 5.41) is 3.80. The number of rotatable bonds is 7. The Balaban J connectivity index is 1.57. The van der Waals surface area contributed by atoms with Gasteiger partial charge in [-0.15, -0.1) is 0 Å². The summed E-state index contributed by atoms with van der Waals surface area (Å²) in [5.41, 5.74) is 2.36. The molecule has 0 fully saturated rings. The molecule has 0 spiro atoms. The Bertz CT molecular complexity index is 869. The summed E-state index contributed by atoms with van der Waals surface area (Å²) in [6, 6.07) is 13.2. The highest BCUT2D eigenvalue weighted by atomic mass is 16.5. The van der Waals surface area contributed by atoms with Crippen molar-refractivity contribution in [2.45, 2.75) is 12.8 Å². The molecular weight excluding hydrogens is 318 g/mol. The van der Waals surface area contributed by atoms with E-state index in [2.05, 4.69) is 11.4 Å². The molecule has 0 aliphatic rings. The molecule has 5 nitrogen and oxygen atoms in total. The fraction of sp³-hybridized carbons (Fsp3) is 0.250. The van der Waals surface area contributed by atoms with Gasteiger partial charge in [-0.25, -0.2) is 0 Å². The van der Waals surface area contributed by atoms with Crippen LogP contribution >= 0.6 is 0 Å². The Morgan fingerprint density at radius 1 is 1.12 bits per heavy atom. The van der Waals surface area contributed by atoms with Gasteiger partial charge in [0.2, 0.25) is 0 Å². The van der Waals surface area contributed by atoms with Gasteiger partial charge in [0.25, 0.3) is 5.91 Å². The quantitative estimate of drug-likeness (QED) is 0.665. The average Bonchev–Trinajstić information content (AvgIpc) is 3.13. The molecular formula is C20H21NO4. The predicted octanol–water partition coefficient (Wildman–Crippen LogP) is 3.81. The molecule has 3 rings (SSSR count). The minimum atomic E-state index is -0.137. The Morgan fingerprint density at radius 3 is 2.80 bits per heavy atom. The third-order valence-corrected chi connectivity index (χ3v) is 4.08. The Kier molecular flexibility index (Phi) is 5.23. The molecule has 1 heterocycles. The Hall–Kier alpha value is -2.95. The first-order valence-electron chi connectivity index (χ1n) is 8.17. The summed E-state index contributed by atoms with van der Waals surface area (Å²) in [6.45, 7) is 0.592. The third kappa shape index (κ3) is 3.94. The number of furan rings is 1. The summed E-state index contributed by atoms with van der Waals surface area (Å²) < 4.78 is 15.9. The van der Waals surface area contributed by atoms with Crippen molar-refractivity contribution in [2.24, 2.45) is 0 Å². The number of carbonyl (C=O) groups is 1. The van der Waals surface area contributed by atoms with Gasteiger partial charge in [0.1, 0.15) is 17.1 Å². The molecule has 0 radical (unpaired) electrons. The van der Waals surface area contributed by atoms with Crippen LogP contribution in [-0.2, 0) is 6.42 Å². The largest absolute Gasteiger partial charge is 0.497 e. The number of benzene rings is 2. The number of ether oxygens (including phenoxy) is 2. The number of amides is 1. The zero-order chi connectivity index (χ0) is 17.6. The highest BCUT2D eigenvalue weighted by molar-refractivity contribution is 5.99. The molecule has 0 aliphatic carbocycles. The molecule has 0 unspecified atom stereocenters. The SMILES string of the molecule is COc1cccc(CCCNC(=O)c2cc(OC)c3ccoc3c2)c1. The van der Waals surface area contributed by atoms with Crippen LogP contribution in [0.2, 0.25) is 0 Å². The summed E-state index contributed by atoms with van der Waals surface area (Å²) in [5.74, 6) is 1.34. The lowest BCUT2D eigenvalue weighted by Crippen LogP contribution is -2.24. The molecule has 0 saturated heterocycles. The zero-order valence-corrected chi connectivity index (χ0v) is 14.4. The number of hydrogen-bond acceptors (Lipinski definition) is 4. The standard InChI is InChI=1S/C20H21NO4/c1-23-16-7-3-5-14(11-16)6-4-9-21-20(22)15-12-18(24-2)17-8-10-25-19(17)13-15/h3,5,7-8,10-13H,4,6,9H2,1-2H3,(H,21,22). The molecule has 1 N–H and O–H groups in total. The van der Waals surface area contributed by atoms with Crippen molar-refractivity contribution >= 4 is 16.9 Å². The lowest BCUT2D eigenvalue weighted by molar-refractivity contribution is 0.0953. The first-order chi connectivity index (χ1) is 12.2. The van der Waals surface area contributed by atoms with E-state index in [1.54, 1.807) is 32.6 Å². The van der Waals surface area contributed by atoms with E-state index in [1.807, 2.05) is 24.3 Å². The highest BCUT2D eigenvalue weighted by Crippen LogP contribution is 2.28. The number of aryl methyl sites for hydroxylation is 1. The summed E-state index contributed by atoms with van der Waals surface area (Å²) >= 11 is 0. The fourth-order valence-electron chi connectivity index (χ4n) is 2.76. The van der Waals surface area contributed by atoms with Crippen molar-refractivity contribution in [2.75, 3.05) is 20.8 Å². The fourth-order valence-corrected chi connectivity index (χ4v) is 2.76.